The molecule has 2 heterocycles. The van der Waals surface area contributed by atoms with E-state index in [1.165, 1.54) is 31.4 Å². The van der Waals surface area contributed by atoms with Crippen molar-refractivity contribution in [2.75, 3.05) is 18.0 Å². The lowest BCUT2D eigenvalue weighted by atomic mass is 9.95. The third kappa shape index (κ3) is 3.95. The summed E-state index contributed by atoms with van der Waals surface area (Å²) in [4.78, 5) is 7.29. The summed E-state index contributed by atoms with van der Waals surface area (Å²) >= 11 is 0. The van der Waals surface area contributed by atoms with Gasteiger partial charge in [0.2, 0.25) is 0 Å². The van der Waals surface area contributed by atoms with Gasteiger partial charge in [-0.3, -0.25) is 0 Å². The normalized spacial score (nSPS) is 19.6. The van der Waals surface area contributed by atoms with Crippen LogP contribution in [0.25, 0.3) is 0 Å². The lowest BCUT2D eigenvalue weighted by Crippen LogP contribution is -2.35. The minimum Gasteiger partial charge on any atom is -0.356 e. The number of aromatic nitrogens is 1. The molecule has 3 heteroatoms. The number of rotatable bonds is 5. The van der Waals surface area contributed by atoms with Gasteiger partial charge in [0.25, 0.3) is 0 Å². The molecular weight excluding hydrogens is 246 g/mol. The maximum absolute atomic E-state index is 4.83. The second-order valence-corrected chi connectivity index (χ2v) is 6.31. The molecule has 0 amide bonds. The van der Waals surface area contributed by atoms with Crippen LogP contribution in [0.4, 0.5) is 5.82 Å². The molecular formula is C17H29N3. The number of nitrogens with zero attached hydrogens (tertiary/aromatic N) is 2. The van der Waals surface area contributed by atoms with Gasteiger partial charge in [-0.1, -0.05) is 33.3 Å². The molecule has 112 valence electrons. The van der Waals surface area contributed by atoms with Gasteiger partial charge in [-0.25, -0.2) is 4.98 Å². The molecule has 0 bridgehead atoms. The van der Waals surface area contributed by atoms with Crippen molar-refractivity contribution < 1.29 is 0 Å². The average molecular weight is 275 g/mol. The Kier molecular flexibility index (Phi) is 5.41. The Bertz CT molecular complexity index is 428. The zero-order valence-electron chi connectivity index (χ0n) is 13.4. The standard InChI is InChI=1S/C17H29N3/c1-5-15-7-6-10-20(12-15)17-9-8-16(14(4)19-17)11-18-13(2)3/h8-9,13,15,18H,5-7,10-12H2,1-4H3. The van der Waals surface area contributed by atoms with Gasteiger partial charge in [-0.2, -0.15) is 0 Å². The van der Waals surface area contributed by atoms with Crippen LogP contribution in [-0.4, -0.2) is 24.1 Å². The first-order valence-corrected chi connectivity index (χ1v) is 8.05. The van der Waals surface area contributed by atoms with Crippen molar-refractivity contribution in [2.24, 2.45) is 5.92 Å². The Labute approximate surface area is 123 Å². The van der Waals surface area contributed by atoms with Crippen LogP contribution < -0.4 is 10.2 Å². The fourth-order valence-electron chi connectivity index (χ4n) is 2.86. The van der Waals surface area contributed by atoms with Gasteiger partial charge in [0.05, 0.1) is 0 Å². The molecule has 0 aliphatic carbocycles. The van der Waals surface area contributed by atoms with Gasteiger partial charge < -0.3 is 10.2 Å². The molecule has 1 atom stereocenters. The Morgan fingerprint density at radius 1 is 1.40 bits per heavy atom. The molecule has 1 unspecified atom stereocenters. The van der Waals surface area contributed by atoms with Crippen molar-refractivity contribution in [2.45, 2.75) is 59.5 Å². The summed E-state index contributed by atoms with van der Waals surface area (Å²) in [6, 6.07) is 4.95. The number of aryl methyl sites for hydroxylation is 1. The number of hydrogen-bond donors (Lipinski definition) is 1. The zero-order chi connectivity index (χ0) is 14.5. The lowest BCUT2D eigenvalue weighted by Gasteiger charge is -2.33. The molecule has 0 saturated carbocycles. The molecule has 20 heavy (non-hydrogen) atoms. The smallest absolute Gasteiger partial charge is 0.128 e. The summed E-state index contributed by atoms with van der Waals surface area (Å²) in [5, 5.41) is 3.46. The number of piperidine rings is 1. The molecule has 0 radical (unpaired) electrons. The first-order chi connectivity index (χ1) is 9.60. The summed E-state index contributed by atoms with van der Waals surface area (Å²) in [7, 11) is 0. The van der Waals surface area contributed by atoms with Crippen LogP contribution in [0.15, 0.2) is 12.1 Å². The largest absolute Gasteiger partial charge is 0.356 e. The van der Waals surface area contributed by atoms with E-state index in [1.54, 1.807) is 0 Å². The van der Waals surface area contributed by atoms with Crippen molar-refractivity contribution >= 4 is 5.82 Å². The molecule has 3 nitrogen and oxygen atoms in total. The molecule has 1 N–H and O–H groups in total. The van der Waals surface area contributed by atoms with Crippen LogP contribution in [-0.2, 0) is 6.54 Å². The summed E-state index contributed by atoms with van der Waals surface area (Å²) in [5.74, 6) is 2.00. The summed E-state index contributed by atoms with van der Waals surface area (Å²) in [6.07, 6.45) is 3.96. The van der Waals surface area contributed by atoms with E-state index in [2.05, 4.69) is 50.0 Å². The van der Waals surface area contributed by atoms with Gasteiger partial charge in [0.1, 0.15) is 5.82 Å². The fraction of sp³-hybridized carbons (Fsp3) is 0.706. The van der Waals surface area contributed by atoms with Crippen LogP contribution in [0.3, 0.4) is 0 Å². The maximum atomic E-state index is 4.83. The summed E-state index contributed by atoms with van der Waals surface area (Å²) in [6.45, 7) is 12.0. The first-order valence-electron chi connectivity index (χ1n) is 8.05. The highest BCUT2D eigenvalue weighted by Gasteiger charge is 2.19. The Morgan fingerprint density at radius 2 is 2.20 bits per heavy atom. The van der Waals surface area contributed by atoms with Gasteiger partial charge in [0.15, 0.2) is 0 Å². The monoisotopic (exact) mass is 275 g/mol. The topological polar surface area (TPSA) is 28.2 Å². The molecule has 0 aromatic carbocycles. The van der Waals surface area contributed by atoms with E-state index in [0.29, 0.717) is 6.04 Å². The summed E-state index contributed by atoms with van der Waals surface area (Å²) in [5.41, 5.74) is 2.47. The number of anilines is 1. The highest BCUT2D eigenvalue weighted by Crippen LogP contribution is 2.24. The van der Waals surface area contributed by atoms with Gasteiger partial charge in [-0.15, -0.1) is 0 Å². The lowest BCUT2D eigenvalue weighted by molar-refractivity contribution is 0.403. The second kappa shape index (κ2) is 7.07. The van der Waals surface area contributed by atoms with Crippen molar-refractivity contribution in [3.8, 4) is 0 Å². The minimum absolute atomic E-state index is 0.515. The highest BCUT2D eigenvalue weighted by atomic mass is 15.2. The Balaban J connectivity index is 2.04. The van der Waals surface area contributed by atoms with Crippen LogP contribution in [0, 0.1) is 12.8 Å². The van der Waals surface area contributed by atoms with Crippen LogP contribution in [0.5, 0.6) is 0 Å². The SMILES string of the molecule is CCC1CCCN(c2ccc(CNC(C)C)c(C)n2)C1. The average Bonchev–Trinajstić information content (AvgIpc) is 2.46. The predicted octanol–water partition coefficient (Wildman–Crippen LogP) is 3.51. The quantitative estimate of drug-likeness (QED) is 0.891. The molecule has 1 aromatic heterocycles. The van der Waals surface area contributed by atoms with Crippen molar-refractivity contribution in [1.29, 1.82) is 0 Å². The zero-order valence-corrected chi connectivity index (χ0v) is 13.4. The molecule has 1 saturated heterocycles. The second-order valence-electron chi connectivity index (χ2n) is 6.31. The third-order valence-corrected chi connectivity index (χ3v) is 4.30. The summed E-state index contributed by atoms with van der Waals surface area (Å²) < 4.78 is 0. The van der Waals surface area contributed by atoms with E-state index in [4.69, 9.17) is 4.98 Å². The minimum atomic E-state index is 0.515. The van der Waals surface area contributed by atoms with Crippen LogP contribution in [0.1, 0.15) is 51.3 Å². The van der Waals surface area contributed by atoms with Crippen molar-refractivity contribution in [3.05, 3.63) is 23.4 Å². The van der Waals surface area contributed by atoms with E-state index in [9.17, 15) is 0 Å². The Morgan fingerprint density at radius 3 is 2.85 bits per heavy atom. The molecule has 1 aromatic rings. The number of hydrogen-bond acceptors (Lipinski definition) is 3. The molecule has 1 aliphatic rings. The van der Waals surface area contributed by atoms with Crippen LogP contribution >= 0.6 is 0 Å². The Hall–Kier alpha value is -1.09. The van der Waals surface area contributed by atoms with Gasteiger partial charge >= 0.3 is 0 Å². The molecule has 1 aliphatic heterocycles. The van der Waals surface area contributed by atoms with E-state index in [0.717, 1.165) is 30.5 Å². The molecule has 1 fully saturated rings. The maximum Gasteiger partial charge on any atom is 0.128 e. The molecule has 0 spiro atoms. The van der Waals surface area contributed by atoms with E-state index in [-0.39, 0.29) is 0 Å². The van der Waals surface area contributed by atoms with E-state index in [1.807, 2.05) is 0 Å². The predicted molar refractivity (Wildman–Crippen MR) is 86.2 cm³/mol. The van der Waals surface area contributed by atoms with E-state index < -0.39 is 0 Å². The molecule has 2 rings (SSSR count). The number of nitrogens with one attached hydrogen (secondary N) is 1. The van der Waals surface area contributed by atoms with Gasteiger partial charge in [0, 0.05) is 31.4 Å². The first kappa shape index (κ1) is 15.3. The van der Waals surface area contributed by atoms with Crippen molar-refractivity contribution in [1.82, 2.24) is 10.3 Å². The fourth-order valence-corrected chi connectivity index (χ4v) is 2.86. The highest BCUT2D eigenvalue weighted by molar-refractivity contribution is 5.42. The van der Waals surface area contributed by atoms with E-state index >= 15 is 0 Å². The van der Waals surface area contributed by atoms with Gasteiger partial charge in [-0.05, 0) is 37.3 Å². The number of pyridine rings is 1. The third-order valence-electron chi connectivity index (χ3n) is 4.30. The van der Waals surface area contributed by atoms with Crippen molar-refractivity contribution in [3.63, 3.8) is 0 Å². The van der Waals surface area contributed by atoms with Crippen LogP contribution in [0.2, 0.25) is 0 Å².